The van der Waals surface area contributed by atoms with E-state index in [1.54, 1.807) is 30.3 Å². The van der Waals surface area contributed by atoms with Gasteiger partial charge in [0, 0.05) is 6.42 Å². The first-order chi connectivity index (χ1) is 15.0. The Labute approximate surface area is 184 Å². The van der Waals surface area contributed by atoms with Crippen molar-refractivity contribution >= 4 is 16.0 Å². The number of sulfonamides is 1. The Hall–Kier alpha value is -2.96. The Morgan fingerprint density at radius 2 is 1.48 bits per heavy atom. The Morgan fingerprint density at radius 3 is 2.10 bits per heavy atom. The lowest BCUT2D eigenvalue weighted by Gasteiger charge is -2.20. The number of rotatable bonds is 10. The summed E-state index contributed by atoms with van der Waals surface area (Å²) in [4.78, 5) is 11.5. The van der Waals surface area contributed by atoms with Crippen LogP contribution in [0.5, 0.6) is 0 Å². The van der Waals surface area contributed by atoms with Crippen LogP contribution in [0.4, 0.5) is 0 Å². The molecule has 0 radical (unpaired) electrons. The molecule has 31 heavy (non-hydrogen) atoms. The van der Waals surface area contributed by atoms with Crippen LogP contribution >= 0.6 is 0 Å². The number of esters is 1. The van der Waals surface area contributed by atoms with Crippen molar-refractivity contribution in [2.75, 3.05) is 7.11 Å². The predicted octanol–water partition coefficient (Wildman–Crippen LogP) is 4.44. The number of hydrogen-bond acceptors (Lipinski definition) is 4. The van der Waals surface area contributed by atoms with Gasteiger partial charge in [0.15, 0.2) is 0 Å². The van der Waals surface area contributed by atoms with Crippen LogP contribution in [-0.4, -0.2) is 21.5 Å². The van der Waals surface area contributed by atoms with Gasteiger partial charge in [-0.05, 0) is 48.1 Å². The molecule has 1 atom stereocenters. The van der Waals surface area contributed by atoms with Crippen molar-refractivity contribution in [2.45, 2.75) is 36.6 Å². The zero-order chi connectivity index (χ0) is 22.1. The number of ether oxygens (including phenoxy) is 1. The van der Waals surface area contributed by atoms with Gasteiger partial charge in [-0.15, -0.1) is 0 Å². The summed E-state index contributed by atoms with van der Waals surface area (Å²) in [7, 11) is -2.28. The van der Waals surface area contributed by atoms with Crippen molar-refractivity contribution in [1.82, 2.24) is 4.72 Å². The van der Waals surface area contributed by atoms with Crippen molar-refractivity contribution in [3.63, 3.8) is 0 Å². The maximum atomic E-state index is 13.0. The van der Waals surface area contributed by atoms with Crippen molar-refractivity contribution < 1.29 is 17.9 Å². The second-order valence-corrected chi connectivity index (χ2v) is 9.06. The summed E-state index contributed by atoms with van der Waals surface area (Å²) in [5.74, 6) is -0.213. The summed E-state index contributed by atoms with van der Waals surface area (Å²) in [6.07, 6.45) is 2.38. The second-order valence-electron chi connectivity index (χ2n) is 7.35. The van der Waals surface area contributed by atoms with Crippen LogP contribution in [0.2, 0.25) is 0 Å². The molecule has 0 heterocycles. The highest BCUT2D eigenvalue weighted by atomic mass is 32.2. The van der Waals surface area contributed by atoms with Crippen LogP contribution in [0.25, 0.3) is 0 Å². The number of aryl methyl sites for hydroxylation is 1. The summed E-state index contributed by atoms with van der Waals surface area (Å²) in [5, 5.41) is 0. The Kier molecular flexibility index (Phi) is 7.98. The quantitative estimate of drug-likeness (QED) is 0.476. The van der Waals surface area contributed by atoms with E-state index in [0.29, 0.717) is 19.3 Å². The molecule has 0 aromatic heterocycles. The number of methoxy groups -OCH3 is 1. The van der Waals surface area contributed by atoms with Gasteiger partial charge in [-0.3, -0.25) is 4.79 Å². The SMILES string of the molecule is COC(=O)CCCc1ccc(C(Cc2ccccc2)NS(=O)(=O)c2ccccc2)cc1. The van der Waals surface area contributed by atoms with E-state index in [0.717, 1.165) is 23.1 Å². The largest absolute Gasteiger partial charge is 0.469 e. The average Bonchev–Trinajstić information content (AvgIpc) is 2.80. The van der Waals surface area contributed by atoms with E-state index in [4.69, 9.17) is 0 Å². The molecule has 3 aromatic carbocycles. The number of nitrogens with one attached hydrogen (secondary N) is 1. The molecule has 0 bridgehead atoms. The first-order valence-electron chi connectivity index (χ1n) is 10.2. The van der Waals surface area contributed by atoms with Gasteiger partial charge in [-0.25, -0.2) is 13.1 Å². The molecule has 5 nitrogen and oxygen atoms in total. The molecule has 3 aromatic rings. The van der Waals surface area contributed by atoms with Gasteiger partial charge in [0.25, 0.3) is 0 Å². The van der Waals surface area contributed by atoms with Crippen LogP contribution in [0.1, 0.15) is 35.6 Å². The Balaban J connectivity index is 1.78. The summed E-state index contributed by atoms with van der Waals surface area (Å²) in [6.45, 7) is 0. The molecule has 0 fully saturated rings. The molecule has 0 aliphatic heterocycles. The molecule has 0 saturated carbocycles. The molecule has 0 amide bonds. The minimum absolute atomic E-state index is 0.213. The van der Waals surface area contributed by atoms with E-state index in [1.165, 1.54) is 7.11 Å². The lowest BCUT2D eigenvalue weighted by molar-refractivity contribution is -0.140. The van der Waals surface area contributed by atoms with Crippen LogP contribution in [0, 0.1) is 0 Å². The van der Waals surface area contributed by atoms with Gasteiger partial charge in [0.05, 0.1) is 18.0 Å². The van der Waals surface area contributed by atoms with Crippen LogP contribution in [0.15, 0.2) is 89.8 Å². The fourth-order valence-electron chi connectivity index (χ4n) is 3.39. The van der Waals surface area contributed by atoms with Crippen LogP contribution in [0.3, 0.4) is 0 Å². The number of carbonyl (C=O) groups is 1. The van der Waals surface area contributed by atoms with E-state index >= 15 is 0 Å². The highest BCUT2D eigenvalue weighted by molar-refractivity contribution is 7.89. The topological polar surface area (TPSA) is 72.5 Å². The fourth-order valence-corrected chi connectivity index (χ4v) is 4.63. The van der Waals surface area contributed by atoms with Gasteiger partial charge in [0.2, 0.25) is 10.0 Å². The lowest BCUT2D eigenvalue weighted by atomic mass is 9.98. The van der Waals surface area contributed by atoms with Gasteiger partial charge in [-0.2, -0.15) is 0 Å². The second kappa shape index (κ2) is 10.9. The number of benzene rings is 3. The highest BCUT2D eigenvalue weighted by Crippen LogP contribution is 2.23. The molecule has 0 saturated heterocycles. The van der Waals surface area contributed by atoms with E-state index in [2.05, 4.69) is 9.46 Å². The first kappa shape index (κ1) is 22.7. The van der Waals surface area contributed by atoms with Crippen molar-refractivity contribution in [3.05, 3.63) is 102 Å². The Bertz CT molecular complexity index is 1070. The van der Waals surface area contributed by atoms with Gasteiger partial charge in [-0.1, -0.05) is 72.8 Å². The molecule has 6 heteroatoms. The third kappa shape index (κ3) is 6.77. The van der Waals surface area contributed by atoms with E-state index < -0.39 is 16.1 Å². The van der Waals surface area contributed by atoms with Crippen molar-refractivity contribution in [1.29, 1.82) is 0 Å². The third-order valence-electron chi connectivity index (χ3n) is 5.09. The molecular weight excluding hydrogens is 410 g/mol. The summed E-state index contributed by atoms with van der Waals surface area (Å²) < 4.78 is 33.4. The standard InChI is InChI=1S/C25H27NO4S/c1-30-25(27)14-8-11-20-15-17-22(18-16-20)24(19-21-9-4-2-5-10-21)26-31(28,29)23-12-6-3-7-13-23/h2-7,9-10,12-13,15-18,24,26H,8,11,14,19H2,1H3. The molecule has 1 N–H and O–H groups in total. The molecule has 0 aliphatic rings. The van der Waals surface area contributed by atoms with Gasteiger partial charge in [0.1, 0.15) is 0 Å². The predicted molar refractivity (Wildman–Crippen MR) is 121 cm³/mol. The van der Waals surface area contributed by atoms with Gasteiger partial charge < -0.3 is 4.74 Å². The molecule has 1 unspecified atom stereocenters. The average molecular weight is 438 g/mol. The number of carbonyl (C=O) groups excluding carboxylic acids is 1. The third-order valence-corrected chi connectivity index (χ3v) is 6.58. The van der Waals surface area contributed by atoms with E-state index in [-0.39, 0.29) is 10.9 Å². The molecule has 0 aliphatic carbocycles. The summed E-state index contributed by atoms with van der Waals surface area (Å²) in [5.41, 5.74) is 3.03. The highest BCUT2D eigenvalue weighted by Gasteiger charge is 2.21. The minimum Gasteiger partial charge on any atom is -0.469 e. The monoisotopic (exact) mass is 437 g/mol. The lowest BCUT2D eigenvalue weighted by Crippen LogP contribution is -2.30. The Morgan fingerprint density at radius 1 is 0.871 bits per heavy atom. The molecule has 0 spiro atoms. The van der Waals surface area contributed by atoms with Crippen molar-refractivity contribution in [3.8, 4) is 0 Å². The van der Waals surface area contributed by atoms with Crippen LogP contribution < -0.4 is 4.72 Å². The fraction of sp³-hybridized carbons (Fsp3) is 0.240. The summed E-state index contributed by atoms with van der Waals surface area (Å²) >= 11 is 0. The van der Waals surface area contributed by atoms with E-state index in [9.17, 15) is 13.2 Å². The van der Waals surface area contributed by atoms with Crippen LogP contribution in [-0.2, 0) is 32.4 Å². The van der Waals surface area contributed by atoms with Crippen molar-refractivity contribution in [2.24, 2.45) is 0 Å². The zero-order valence-corrected chi connectivity index (χ0v) is 18.3. The first-order valence-corrected chi connectivity index (χ1v) is 11.7. The normalized spacial score (nSPS) is 12.3. The molecular formula is C25H27NO4S. The number of hydrogen-bond donors (Lipinski definition) is 1. The minimum atomic E-state index is -3.67. The van der Waals surface area contributed by atoms with Gasteiger partial charge >= 0.3 is 5.97 Å². The van der Waals surface area contributed by atoms with E-state index in [1.807, 2.05) is 54.6 Å². The smallest absolute Gasteiger partial charge is 0.305 e. The maximum Gasteiger partial charge on any atom is 0.305 e. The summed E-state index contributed by atoms with van der Waals surface area (Å²) in [6, 6.07) is 25.7. The molecule has 3 rings (SSSR count). The molecule has 162 valence electrons. The zero-order valence-electron chi connectivity index (χ0n) is 17.5. The maximum absolute atomic E-state index is 13.0.